The molecule has 0 heterocycles. The Morgan fingerprint density at radius 1 is 1.20 bits per heavy atom. The molecule has 0 heteroatoms. The van der Waals surface area contributed by atoms with E-state index in [-0.39, 0.29) is 0 Å². The zero-order chi connectivity index (χ0) is 11.3. The van der Waals surface area contributed by atoms with Crippen molar-refractivity contribution in [2.24, 2.45) is 11.3 Å². The van der Waals surface area contributed by atoms with E-state index in [0.717, 1.165) is 5.92 Å². The molecule has 1 unspecified atom stereocenters. The first-order valence-corrected chi connectivity index (χ1v) is 6.59. The van der Waals surface area contributed by atoms with Gasteiger partial charge in [-0.2, -0.15) is 0 Å². The molecule has 0 saturated heterocycles. The van der Waals surface area contributed by atoms with Crippen LogP contribution in [-0.4, -0.2) is 0 Å². The van der Waals surface area contributed by atoms with Crippen LogP contribution < -0.4 is 0 Å². The standard InChI is InChI=1S/C13H20.C2H6/c1-11-6-5-7-12(10-11)13(2)8-3-4-9-13;1-2/h5,7,10-11H,3-4,6,8-9H2,1-2H3;1-2H3. The third-order valence-electron chi connectivity index (χ3n) is 3.67. The van der Waals surface area contributed by atoms with Crippen LogP contribution in [0.3, 0.4) is 0 Å². The Morgan fingerprint density at radius 3 is 2.33 bits per heavy atom. The molecule has 0 radical (unpaired) electrons. The van der Waals surface area contributed by atoms with Crippen LogP contribution >= 0.6 is 0 Å². The highest BCUT2D eigenvalue weighted by molar-refractivity contribution is 5.30. The van der Waals surface area contributed by atoms with Gasteiger partial charge in [-0.05, 0) is 36.2 Å². The summed E-state index contributed by atoms with van der Waals surface area (Å²) in [5, 5.41) is 0. The lowest BCUT2D eigenvalue weighted by atomic mass is 9.77. The van der Waals surface area contributed by atoms with Crippen molar-refractivity contribution in [2.75, 3.05) is 0 Å². The molecule has 1 fully saturated rings. The molecule has 0 aromatic heterocycles. The summed E-state index contributed by atoms with van der Waals surface area (Å²) in [6.45, 7) is 8.76. The fourth-order valence-electron chi connectivity index (χ4n) is 2.69. The van der Waals surface area contributed by atoms with Gasteiger partial charge < -0.3 is 0 Å². The van der Waals surface area contributed by atoms with E-state index in [2.05, 4.69) is 32.1 Å². The van der Waals surface area contributed by atoms with Gasteiger partial charge in [0.15, 0.2) is 0 Å². The quantitative estimate of drug-likeness (QED) is 0.559. The molecule has 1 saturated carbocycles. The monoisotopic (exact) mass is 206 g/mol. The Kier molecular flexibility index (Phi) is 4.63. The highest BCUT2D eigenvalue weighted by Gasteiger charge is 2.31. The van der Waals surface area contributed by atoms with E-state index in [1.807, 2.05) is 13.8 Å². The highest BCUT2D eigenvalue weighted by atomic mass is 14.4. The largest absolute Gasteiger partial charge is 0.0837 e. The molecule has 0 nitrogen and oxygen atoms in total. The summed E-state index contributed by atoms with van der Waals surface area (Å²) in [6.07, 6.45) is 14.1. The molecule has 0 amide bonds. The summed E-state index contributed by atoms with van der Waals surface area (Å²) in [4.78, 5) is 0. The SMILES string of the molecule is CC.CC1C=C(C2(C)CCCC2)C=CC1. The topological polar surface area (TPSA) is 0 Å². The maximum atomic E-state index is 2.49. The van der Waals surface area contributed by atoms with E-state index >= 15 is 0 Å². The maximum absolute atomic E-state index is 2.49. The number of hydrogen-bond donors (Lipinski definition) is 0. The van der Waals surface area contributed by atoms with Crippen LogP contribution in [0.1, 0.15) is 59.8 Å². The first-order valence-electron chi connectivity index (χ1n) is 6.59. The summed E-state index contributed by atoms with van der Waals surface area (Å²) in [7, 11) is 0. The van der Waals surface area contributed by atoms with Gasteiger partial charge in [0.1, 0.15) is 0 Å². The Bertz CT molecular complexity index is 239. The van der Waals surface area contributed by atoms with Crippen molar-refractivity contribution >= 4 is 0 Å². The molecule has 2 aliphatic rings. The number of hydrogen-bond acceptors (Lipinski definition) is 0. The minimum Gasteiger partial charge on any atom is -0.0837 e. The van der Waals surface area contributed by atoms with Crippen molar-refractivity contribution in [3.63, 3.8) is 0 Å². The van der Waals surface area contributed by atoms with E-state index < -0.39 is 0 Å². The lowest BCUT2D eigenvalue weighted by Gasteiger charge is -2.28. The zero-order valence-corrected chi connectivity index (χ0v) is 10.8. The number of allylic oxidation sites excluding steroid dienone is 4. The van der Waals surface area contributed by atoms with E-state index in [1.165, 1.54) is 32.1 Å². The maximum Gasteiger partial charge on any atom is -0.00784 e. The first kappa shape index (κ1) is 12.5. The predicted molar refractivity (Wildman–Crippen MR) is 68.9 cm³/mol. The molecular weight excluding hydrogens is 180 g/mol. The second-order valence-corrected chi connectivity index (χ2v) is 5.01. The Morgan fingerprint density at radius 2 is 1.80 bits per heavy atom. The van der Waals surface area contributed by atoms with Gasteiger partial charge in [-0.1, -0.05) is 58.8 Å². The molecule has 2 aliphatic carbocycles. The summed E-state index contributed by atoms with van der Waals surface area (Å²) in [6, 6.07) is 0. The van der Waals surface area contributed by atoms with Gasteiger partial charge in [0.05, 0.1) is 0 Å². The van der Waals surface area contributed by atoms with Crippen molar-refractivity contribution in [1.82, 2.24) is 0 Å². The summed E-state index contributed by atoms with van der Waals surface area (Å²) in [5.74, 6) is 0.762. The van der Waals surface area contributed by atoms with Crippen molar-refractivity contribution < 1.29 is 0 Å². The summed E-state index contributed by atoms with van der Waals surface area (Å²) < 4.78 is 0. The minimum atomic E-state index is 0.519. The van der Waals surface area contributed by atoms with Gasteiger partial charge in [0, 0.05) is 0 Å². The average molecular weight is 206 g/mol. The van der Waals surface area contributed by atoms with Gasteiger partial charge in [0.25, 0.3) is 0 Å². The van der Waals surface area contributed by atoms with Crippen molar-refractivity contribution in [3.05, 3.63) is 23.8 Å². The second-order valence-electron chi connectivity index (χ2n) is 5.01. The van der Waals surface area contributed by atoms with Gasteiger partial charge in [-0.25, -0.2) is 0 Å². The molecule has 0 bridgehead atoms. The van der Waals surface area contributed by atoms with Gasteiger partial charge in [-0.3, -0.25) is 0 Å². The third-order valence-corrected chi connectivity index (χ3v) is 3.67. The molecule has 0 aromatic carbocycles. The third kappa shape index (κ3) is 2.96. The van der Waals surface area contributed by atoms with Crippen LogP contribution in [0.15, 0.2) is 23.8 Å². The lowest BCUT2D eigenvalue weighted by Crippen LogP contribution is -2.15. The Labute approximate surface area is 95.5 Å². The molecule has 15 heavy (non-hydrogen) atoms. The van der Waals surface area contributed by atoms with Crippen LogP contribution in [0.4, 0.5) is 0 Å². The Hall–Kier alpha value is -0.520. The normalized spacial score (nSPS) is 28.0. The van der Waals surface area contributed by atoms with E-state index in [9.17, 15) is 0 Å². The van der Waals surface area contributed by atoms with Crippen LogP contribution in [-0.2, 0) is 0 Å². The van der Waals surface area contributed by atoms with Crippen molar-refractivity contribution in [2.45, 2.75) is 59.8 Å². The Balaban J connectivity index is 0.000000531. The van der Waals surface area contributed by atoms with Crippen LogP contribution in [0, 0.1) is 11.3 Å². The first-order chi connectivity index (χ1) is 7.21. The lowest BCUT2D eigenvalue weighted by molar-refractivity contribution is 0.417. The van der Waals surface area contributed by atoms with E-state index in [0.29, 0.717) is 5.41 Å². The molecule has 0 N–H and O–H groups in total. The summed E-state index contributed by atoms with van der Waals surface area (Å²) >= 11 is 0. The van der Waals surface area contributed by atoms with Crippen LogP contribution in [0.5, 0.6) is 0 Å². The highest BCUT2D eigenvalue weighted by Crippen LogP contribution is 2.45. The van der Waals surface area contributed by atoms with E-state index in [1.54, 1.807) is 5.57 Å². The predicted octanol–water partition coefficient (Wildman–Crippen LogP) is 5.12. The fraction of sp³-hybridized carbons (Fsp3) is 0.733. The van der Waals surface area contributed by atoms with Crippen molar-refractivity contribution in [3.8, 4) is 0 Å². The van der Waals surface area contributed by atoms with Crippen molar-refractivity contribution in [1.29, 1.82) is 0 Å². The molecule has 86 valence electrons. The van der Waals surface area contributed by atoms with Crippen LogP contribution in [0.25, 0.3) is 0 Å². The van der Waals surface area contributed by atoms with Gasteiger partial charge in [0.2, 0.25) is 0 Å². The molecular formula is C15H26. The number of rotatable bonds is 1. The second kappa shape index (κ2) is 5.53. The zero-order valence-electron chi connectivity index (χ0n) is 10.8. The molecule has 0 aliphatic heterocycles. The average Bonchev–Trinajstić information content (AvgIpc) is 2.70. The van der Waals surface area contributed by atoms with Gasteiger partial charge >= 0.3 is 0 Å². The minimum absolute atomic E-state index is 0.519. The van der Waals surface area contributed by atoms with E-state index in [4.69, 9.17) is 0 Å². The molecule has 0 aromatic rings. The molecule has 2 rings (SSSR count). The molecule has 1 atom stereocenters. The van der Waals surface area contributed by atoms with Gasteiger partial charge in [-0.15, -0.1) is 0 Å². The smallest absolute Gasteiger partial charge is 0.00784 e. The summed E-state index contributed by atoms with van der Waals surface area (Å²) in [5.41, 5.74) is 2.13. The fourth-order valence-corrected chi connectivity index (χ4v) is 2.69. The van der Waals surface area contributed by atoms with Crippen LogP contribution in [0.2, 0.25) is 0 Å². The molecule has 0 spiro atoms.